The van der Waals surface area contributed by atoms with Gasteiger partial charge in [-0.1, -0.05) is 30.3 Å². The Kier molecular flexibility index (Phi) is 4.77. The van der Waals surface area contributed by atoms with Gasteiger partial charge in [0.05, 0.1) is 13.5 Å². The van der Waals surface area contributed by atoms with Gasteiger partial charge in [-0.2, -0.15) is 0 Å². The molecule has 0 saturated heterocycles. The van der Waals surface area contributed by atoms with Crippen molar-refractivity contribution in [3.05, 3.63) is 76.6 Å². The first kappa shape index (κ1) is 17.7. The van der Waals surface area contributed by atoms with Crippen LogP contribution in [0.25, 0.3) is 4.85 Å². The second-order valence-electron chi connectivity index (χ2n) is 6.59. The van der Waals surface area contributed by atoms with Crippen LogP contribution in [0.4, 0.5) is 5.69 Å². The standard InChI is InChI=1S/C21H20N2O3/c1-21(22-2,20(25)26-3)14-15-9-10-18-17(13-15)11-12-23(18)19(24)16-7-5-4-6-8-16/h4-10,13H,11-12,14H2,1,3H3. The third kappa shape index (κ3) is 3.18. The van der Waals surface area contributed by atoms with E-state index < -0.39 is 11.5 Å². The van der Waals surface area contributed by atoms with Crippen molar-refractivity contribution in [2.24, 2.45) is 0 Å². The number of methoxy groups -OCH3 is 1. The number of fused-ring (bicyclic) bond motifs is 1. The van der Waals surface area contributed by atoms with E-state index in [1.54, 1.807) is 11.8 Å². The number of rotatable bonds is 4. The number of hydrogen-bond donors (Lipinski definition) is 0. The summed E-state index contributed by atoms with van der Waals surface area (Å²) < 4.78 is 4.76. The fourth-order valence-corrected chi connectivity index (χ4v) is 3.29. The first-order valence-corrected chi connectivity index (χ1v) is 8.44. The van der Waals surface area contributed by atoms with Crippen LogP contribution in [-0.2, 0) is 22.4 Å². The highest BCUT2D eigenvalue weighted by atomic mass is 16.5. The first-order chi connectivity index (χ1) is 12.5. The van der Waals surface area contributed by atoms with Crippen LogP contribution in [0, 0.1) is 6.57 Å². The summed E-state index contributed by atoms with van der Waals surface area (Å²) >= 11 is 0. The topological polar surface area (TPSA) is 51.0 Å². The summed E-state index contributed by atoms with van der Waals surface area (Å²) in [6, 6.07) is 15.0. The number of esters is 1. The minimum atomic E-state index is -1.23. The average molecular weight is 348 g/mol. The van der Waals surface area contributed by atoms with Crippen molar-refractivity contribution in [2.45, 2.75) is 25.3 Å². The van der Waals surface area contributed by atoms with E-state index >= 15 is 0 Å². The monoisotopic (exact) mass is 348 g/mol. The van der Waals surface area contributed by atoms with E-state index in [0.29, 0.717) is 12.1 Å². The average Bonchev–Trinajstić information content (AvgIpc) is 3.10. The van der Waals surface area contributed by atoms with Gasteiger partial charge in [0.15, 0.2) is 0 Å². The number of hydrogen-bond acceptors (Lipinski definition) is 3. The van der Waals surface area contributed by atoms with Crippen LogP contribution >= 0.6 is 0 Å². The Labute approximate surface area is 153 Å². The van der Waals surface area contributed by atoms with E-state index in [2.05, 4.69) is 4.85 Å². The molecule has 1 amide bonds. The van der Waals surface area contributed by atoms with Gasteiger partial charge in [0.2, 0.25) is 0 Å². The maximum absolute atomic E-state index is 12.7. The van der Waals surface area contributed by atoms with Gasteiger partial charge < -0.3 is 9.64 Å². The Morgan fingerprint density at radius 3 is 2.62 bits per heavy atom. The Balaban J connectivity index is 1.84. The molecule has 0 radical (unpaired) electrons. The van der Waals surface area contributed by atoms with E-state index in [1.807, 2.05) is 48.5 Å². The molecule has 3 rings (SSSR count). The third-order valence-electron chi connectivity index (χ3n) is 4.73. The molecule has 0 bridgehead atoms. The molecular formula is C21H20N2O3. The number of anilines is 1. The molecule has 1 unspecified atom stereocenters. The lowest BCUT2D eigenvalue weighted by Crippen LogP contribution is -2.35. The van der Waals surface area contributed by atoms with Crippen LogP contribution < -0.4 is 4.90 Å². The van der Waals surface area contributed by atoms with Gasteiger partial charge in [-0.25, -0.2) is 11.4 Å². The molecule has 5 heteroatoms. The van der Waals surface area contributed by atoms with E-state index in [-0.39, 0.29) is 12.3 Å². The van der Waals surface area contributed by atoms with Gasteiger partial charge in [0, 0.05) is 24.7 Å². The van der Waals surface area contributed by atoms with Gasteiger partial charge >= 0.3 is 11.5 Å². The Bertz CT molecular complexity index is 886. The molecule has 0 fully saturated rings. The Morgan fingerprint density at radius 2 is 1.96 bits per heavy atom. The van der Waals surface area contributed by atoms with Crippen LogP contribution in [0.3, 0.4) is 0 Å². The number of carbonyl (C=O) groups excluding carboxylic acids is 2. The van der Waals surface area contributed by atoms with E-state index in [4.69, 9.17) is 11.3 Å². The van der Waals surface area contributed by atoms with Crippen molar-refractivity contribution in [1.29, 1.82) is 0 Å². The maximum atomic E-state index is 12.7. The lowest BCUT2D eigenvalue weighted by Gasteiger charge is -2.18. The zero-order valence-electron chi connectivity index (χ0n) is 14.9. The molecule has 5 nitrogen and oxygen atoms in total. The number of benzene rings is 2. The number of carbonyl (C=O) groups is 2. The maximum Gasteiger partial charge on any atom is 0.393 e. The summed E-state index contributed by atoms with van der Waals surface area (Å²) in [4.78, 5) is 29.9. The number of ether oxygens (including phenoxy) is 1. The van der Waals surface area contributed by atoms with Crippen molar-refractivity contribution in [3.8, 4) is 0 Å². The molecular weight excluding hydrogens is 328 g/mol. The Hall–Kier alpha value is -3.13. The van der Waals surface area contributed by atoms with Crippen LogP contribution in [0.1, 0.15) is 28.4 Å². The quantitative estimate of drug-likeness (QED) is 0.629. The molecule has 0 aromatic heterocycles. The normalized spacial score (nSPS) is 14.9. The Morgan fingerprint density at radius 1 is 1.23 bits per heavy atom. The van der Waals surface area contributed by atoms with Crippen molar-refractivity contribution in [3.63, 3.8) is 0 Å². The molecule has 1 aliphatic rings. The van der Waals surface area contributed by atoms with Gasteiger partial charge in [-0.3, -0.25) is 9.64 Å². The van der Waals surface area contributed by atoms with Crippen LogP contribution in [0.5, 0.6) is 0 Å². The van der Waals surface area contributed by atoms with E-state index in [1.165, 1.54) is 7.11 Å². The third-order valence-corrected chi connectivity index (χ3v) is 4.73. The fraction of sp³-hybridized carbons (Fsp3) is 0.286. The molecule has 1 aliphatic heterocycles. The van der Waals surface area contributed by atoms with Gasteiger partial charge in [0.25, 0.3) is 5.91 Å². The van der Waals surface area contributed by atoms with Gasteiger partial charge in [-0.15, -0.1) is 0 Å². The van der Waals surface area contributed by atoms with Gasteiger partial charge in [-0.05, 0) is 35.7 Å². The smallest absolute Gasteiger partial charge is 0.393 e. The van der Waals surface area contributed by atoms with Crippen molar-refractivity contribution in [2.75, 3.05) is 18.6 Å². The zero-order chi connectivity index (χ0) is 18.7. The minimum absolute atomic E-state index is 0.0161. The molecule has 1 atom stereocenters. The van der Waals surface area contributed by atoms with Crippen LogP contribution in [0.15, 0.2) is 48.5 Å². The highest BCUT2D eigenvalue weighted by Gasteiger charge is 2.41. The zero-order valence-corrected chi connectivity index (χ0v) is 14.9. The summed E-state index contributed by atoms with van der Waals surface area (Å²) in [6.45, 7) is 9.56. The summed E-state index contributed by atoms with van der Waals surface area (Å²) in [5.41, 5.74) is 2.27. The molecule has 0 spiro atoms. The largest absolute Gasteiger partial charge is 0.463 e. The molecule has 0 aliphatic carbocycles. The molecule has 132 valence electrons. The minimum Gasteiger partial charge on any atom is -0.463 e. The molecule has 1 heterocycles. The first-order valence-electron chi connectivity index (χ1n) is 8.44. The van der Waals surface area contributed by atoms with E-state index in [0.717, 1.165) is 23.2 Å². The summed E-state index contributed by atoms with van der Waals surface area (Å²) in [5.74, 6) is -0.550. The number of amides is 1. The summed E-state index contributed by atoms with van der Waals surface area (Å²) in [6.07, 6.45) is 1.04. The molecule has 0 saturated carbocycles. The highest BCUT2D eigenvalue weighted by Crippen LogP contribution is 2.31. The second kappa shape index (κ2) is 7.01. The summed E-state index contributed by atoms with van der Waals surface area (Å²) in [7, 11) is 1.29. The van der Waals surface area contributed by atoms with Crippen molar-refractivity contribution in [1.82, 2.24) is 0 Å². The van der Waals surface area contributed by atoms with E-state index in [9.17, 15) is 9.59 Å². The van der Waals surface area contributed by atoms with Crippen LogP contribution in [0.2, 0.25) is 0 Å². The SMILES string of the molecule is [C-]#[N+]C(C)(Cc1ccc2c(c1)CCN2C(=O)c1ccccc1)C(=O)OC. The lowest BCUT2D eigenvalue weighted by atomic mass is 9.92. The lowest BCUT2D eigenvalue weighted by molar-refractivity contribution is -0.144. The van der Waals surface area contributed by atoms with Crippen LogP contribution in [-0.4, -0.2) is 31.1 Å². The second-order valence-corrected chi connectivity index (χ2v) is 6.59. The fourth-order valence-electron chi connectivity index (χ4n) is 3.29. The van der Waals surface area contributed by atoms with Gasteiger partial charge in [0.1, 0.15) is 0 Å². The molecule has 0 N–H and O–H groups in total. The molecule has 2 aromatic rings. The van der Waals surface area contributed by atoms with Crippen molar-refractivity contribution < 1.29 is 14.3 Å². The molecule has 2 aromatic carbocycles. The predicted octanol–water partition coefficient (Wildman–Crippen LogP) is 3.28. The molecule has 26 heavy (non-hydrogen) atoms. The number of nitrogens with zero attached hydrogens (tertiary/aromatic N) is 2. The highest BCUT2D eigenvalue weighted by molar-refractivity contribution is 6.07. The predicted molar refractivity (Wildman–Crippen MR) is 99.0 cm³/mol. The van der Waals surface area contributed by atoms with Crippen molar-refractivity contribution >= 4 is 17.6 Å². The summed E-state index contributed by atoms with van der Waals surface area (Å²) in [5, 5.41) is 0.